The van der Waals surface area contributed by atoms with Crippen molar-refractivity contribution in [2.24, 2.45) is 0 Å². The van der Waals surface area contributed by atoms with E-state index in [1.54, 1.807) is 7.11 Å². The summed E-state index contributed by atoms with van der Waals surface area (Å²) in [7, 11) is 1.61. The van der Waals surface area contributed by atoms with Gasteiger partial charge in [-0.25, -0.2) is 4.79 Å². The maximum absolute atomic E-state index is 11.9. The van der Waals surface area contributed by atoms with Gasteiger partial charge in [0.2, 0.25) is 0 Å². The van der Waals surface area contributed by atoms with E-state index in [0.717, 1.165) is 71.8 Å². The number of nitrogens with zero attached hydrogens (tertiary/aromatic N) is 7. The van der Waals surface area contributed by atoms with E-state index in [1.807, 2.05) is 18.2 Å². The van der Waals surface area contributed by atoms with E-state index in [0.29, 0.717) is 45.2 Å². The van der Waals surface area contributed by atoms with Gasteiger partial charge in [0.05, 0.1) is 36.3 Å². The summed E-state index contributed by atoms with van der Waals surface area (Å²) >= 11 is 0. The summed E-state index contributed by atoms with van der Waals surface area (Å²) in [4.78, 5) is 30.4. The average molecular weight is 628 g/mol. The number of amides is 1. The molecule has 4 aliphatic rings. The Kier molecular flexibility index (Phi) is 8.44. The van der Waals surface area contributed by atoms with Crippen molar-refractivity contribution in [2.45, 2.75) is 56.7 Å². The lowest BCUT2D eigenvalue weighted by atomic mass is 10.0. The summed E-state index contributed by atoms with van der Waals surface area (Å²) in [6.07, 6.45) is 4.55. The van der Waals surface area contributed by atoms with Gasteiger partial charge in [0.15, 0.2) is 6.79 Å². The Morgan fingerprint density at radius 3 is 2.65 bits per heavy atom. The number of methoxy groups -OCH3 is 1. The van der Waals surface area contributed by atoms with Crippen molar-refractivity contribution >= 4 is 28.4 Å². The monoisotopic (exact) mass is 627 g/mol. The highest BCUT2D eigenvalue weighted by molar-refractivity contribution is 5.95. The average Bonchev–Trinajstić information content (AvgIpc) is 3.66. The summed E-state index contributed by atoms with van der Waals surface area (Å²) in [5, 5.41) is 21.5. The van der Waals surface area contributed by atoms with E-state index in [1.165, 1.54) is 17.7 Å². The third-order valence-corrected chi connectivity index (χ3v) is 9.95. The second-order valence-electron chi connectivity index (χ2n) is 12.8. The van der Waals surface area contributed by atoms with Crippen LogP contribution in [0.25, 0.3) is 10.8 Å². The van der Waals surface area contributed by atoms with Gasteiger partial charge in [-0.1, -0.05) is 24.3 Å². The zero-order valence-corrected chi connectivity index (χ0v) is 26.4. The molecule has 46 heavy (non-hydrogen) atoms. The molecule has 12 nitrogen and oxygen atoms in total. The number of likely N-dealkylation sites (tertiary alicyclic amines) is 1. The topological polar surface area (TPSA) is 128 Å². The van der Waals surface area contributed by atoms with Crippen LogP contribution < -0.4 is 19.3 Å². The summed E-state index contributed by atoms with van der Waals surface area (Å²) in [5.41, 5.74) is 3.10. The van der Waals surface area contributed by atoms with Gasteiger partial charge in [0, 0.05) is 56.0 Å². The van der Waals surface area contributed by atoms with E-state index in [9.17, 15) is 15.2 Å². The van der Waals surface area contributed by atoms with Crippen LogP contribution in [0.5, 0.6) is 11.8 Å². The van der Waals surface area contributed by atoms with Crippen molar-refractivity contribution in [2.75, 3.05) is 69.6 Å². The van der Waals surface area contributed by atoms with Gasteiger partial charge in [0.25, 0.3) is 0 Å². The van der Waals surface area contributed by atoms with Crippen LogP contribution >= 0.6 is 0 Å². The molecule has 7 rings (SSSR count). The van der Waals surface area contributed by atoms with Crippen molar-refractivity contribution in [3.8, 4) is 17.8 Å². The van der Waals surface area contributed by atoms with Crippen LogP contribution in [0.15, 0.2) is 36.4 Å². The molecule has 1 aliphatic carbocycles. The zero-order chi connectivity index (χ0) is 31.7. The van der Waals surface area contributed by atoms with Crippen LogP contribution in [-0.4, -0.2) is 102 Å². The largest absolute Gasteiger partial charge is 0.467 e. The normalized spacial score (nSPS) is 20.8. The Morgan fingerprint density at radius 1 is 1.07 bits per heavy atom. The molecule has 1 amide bonds. The maximum atomic E-state index is 11.9. The van der Waals surface area contributed by atoms with E-state index in [2.05, 4.69) is 39.0 Å². The minimum atomic E-state index is -0.995. The molecule has 1 N–H and O–H groups in total. The molecule has 0 radical (unpaired) electrons. The molecule has 3 aliphatic heterocycles. The number of hydrogen-bond acceptors (Lipinski definition) is 10. The van der Waals surface area contributed by atoms with Gasteiger partial charge in [-0.2, -0.15) is 15.2 Å². The number of hydrogen-bond donors (Lipinski definition) is 1. The van der Waals surface area contributed by atoms with Gasteiger partial charge in [-0.05, 0) is 56.6 Å². The van der Waals surface area contributed by atoms with Gasteiger partial charge in [-0.3, -0.25) is 4.90 Å². The van der Waals surface area contributed by atoms with Crippen molar-refractivity contribution < 1.29 is 24.1 Å². The Labute approximate surface area is 269 Å². The van der Waals surface area contributed by atoms with Gasteiger partial charge >= 0.3 is 12.1 Å². The summed E-state index contributed by atoms with van der Waals surface area (Å²) in [6.45, 7) is 5.45. The first kappa shape index (κ1) is 30.3. The highest BCUT2D eigenvalue weighted by Crippen LogP contribution is 2.44. The van der Waals surface area contributed by atoms with Crippen molar-refractivity contribution in [1.29, 1.82) is 5.26 Å². The molecule has 12 heteroatoms. The lowest BCUT2D eigenvalue weighted by Gasteiger charge is -2.41. The van der Waals surface area contributed by atoms with Gasteiger partial charge in [-0.15, -0.1) is 0 Å². The van der Waals surface area contributed by atoms with Crippen LogP contribution in [0.2, 0.25) is 0 Å². The molecule has 3 fully saturated rings. The molecule has 242 valence electrons. The number of carboxylic acid groups (broad SMARTS) is 1. The first-order valence-corrected chi connectivity index (χ1v) is 16.3. The fraction of sp³-hybridized carbons (Fsp3) is 0.529. The lowest BCUT2D eigenvalue weighted by molar-refractivity contribution is 0.0512. The number of ether oxygens (including phenoxy) is 3. The molecule has 1 atom stereocenters. The first-order valence-electron chi connectivity index (χ1n) is 16.3. The number of anilines is 2. The van der Waals surface area contributed by atoms with Gasteiger partial charge in [0.1, 0.15) is 18.2 Å². The standard InChI is InChI=1S/C34H41N7O5/c1-44-23-46-26-18-24-6-2-3-7-27(24)30(19-26)38-15-9-28-29(21-38)36-32(45-22-34(10-11-34)40-13-4-5-14-40)37-31(28)39-16-17-41(33(42)43)25(20-39)8-12-35/h2-3,6-7,18-19,25H,4-5,8-11,13-17,20-23H2,1H3,(H,42,43). The lowest BCUT2D eigenvalue weighted by Crippen LogP contribution is -2.55. The van der Waals surface area contributed by atoms with Crippen molar-refractivity contribution in [1.82, 2.24) is 19.8 Å². The fourth-order valence-electron chi connectivity index (χ4n) is 7.32. The van der Waals surface area contributed by atoms with Crippen LogP contribution in [0.3, 0.4) is 0 Å². The second-order valence-corrected chi connectivity index (χ2v) is 12.8. The van der Waals surface area contributed by atoms with E-state index in [-0.39, 0.29) is 18.8 Å². The summed E-state index contributed by atoms with van der Waals surface area (Å²) < 4.78 is 17.5. The van der Waals surface area contributed by atoms with E-state index >= 15 is 0 Å². The predicted octanol–water partition coefficient (Wildman–Crippen LogP) is 4.26. The smallest absolute Gasteiger partial charge is 0.407 e. The second kappa shape index (κ2) is 12.8. The minimum absolute atomic E-state index is 0.0779. The Balaban J connectivity index is 1.22. The number of rotatable bonds is 10. The third-order valence-electron chi connectivity index (χ3n) is 9.95. The Morgan fingerprint density at radius 2 is 1.89 bits per heavy atom. The van der Waals surface area contributed by atoms with Crippen LogP contribution in [0, 0.1) is 11.3 Å². The fourth-order valence-corrected chi connectivity index (χ4v) is 7.32. The molecule has 1 aromatic heterocycles. The van der Waals surface area contributed by atoms with Crippen LogP contribution in [0.1, 0.15) is 43.4 Å². The number of nitriles is 1. The molecular formula is C34H41N7O5. The molecule has 2 aromatic carbocycles. The molecular weight excluding hydrogens is 586 g/mol. The van der Waals surface area contributed by atoms with Crippen molar-refractivity contribution in [3.05, 3.63) is 47.7 Å². The quantitative estimate of drug-likeness (QED) is 0.324. The summed E-state index contributed by atoms with van der Waals surface area (Å²) in [5.74, 6) is 1.53. The summed E-state index contributed by atoms with van der Waals surface area (Å²) in [6, 6.07) is 14.5. The van der Waals surface area contributed by atoms with Crippen LogP contribution in [-0.2, 0) is 17.7 Å². The number of benzene rings is 2. The third kappa shape index (κ3) is 5.97. The molecule has 4 heterocycles. The van der Waals surface area contributed by atoms with E-state index < -0.39 is 12.1 Å². The highest BCUT2D eigenvalue weighted by atomic mass is 16.7. The molecule has 3 aromatic rings. The SMILES string of the molecule is COCOc1cc(N2CCc3c(nc(OCC4(N5CCCC5)CC4)nc3N3CCN(C(=O)O)C(CC#N)C3)C2)c2ccccc2c1. The molecule has 0 bridgehead atoms. The maximum Gasteiger partial charge on any atom is 0.407 e. The van der Waals surface area contributed by atoms with Crippen LogP contribution in [0.4, 0.5) is 16.3 Å². The molecule has 2 saturated heterocycles. The number of aromatic nitrogens is 2. The Bertz CT molecular complexity index is 1630. The van der Waals surface area contributed by atoms with E-state index in [4.69, 9.17) is 24.2 Å². The number of carbonyl (C=O) groups is 1. The van der Waals surface area contributed by atoms with Crippen molar-refractivity contribution in [3.63, 3.8) is 0 Å². The first-order chi connectivity index (χ1) is 22.5. The Hall–Kier alpha value is -4.34. The number of piperazine rings is 1. The van der Waals surface area contributed by atoms with Gasteiger partial charge < -0.3 is 34.0 Å². The minimum Gasteiger partial charge on any atom is -0.467 e. The zero-order valence-electron chi connectivity index (χ0n) is 26.4. The predicted molar refractivity (Wildman–Crippen MR) is 172 cm³/mol. The molecule has 0 spiro atoms. The molecule has 1 saturated carbocycles. The number of fused-ring (bicyclic) bond motifs is 2. The highest BCUT2D eigenvalue weighted by Gasteiger charge is 2.49. The molecule has 1 unspecified atom stereocenters.